The van der Waals surface area contributed by atoms with Crippen LogP contribution in [0, 0.1) is 11.7 Å². The summed E-state index contributed by atoms with van der Waals surface area (Å²) in [6.07, 6.45) is 5.73. The van der Waals surface area contributed by atoms with Crippen molar-refractivity contribution in [3.63, 3.8) is 0 Å². The Balaban J connectivity index is 1.11. The topological polar surface area (TPSA) is 91.3 Å². The van der Waals surface area contributed by atoms with Gasteiger partial charge in [-0.2, -0.15) is 0 Å². The molecule has 12 heteroatoms. The van der Waals surface area contributed by atoms with Gasteiger partial charge in [0.15, 0.2) is 0 Å². The van der Waals surface area contributed by atoms with Crippen LogP contribution in [0.5, 0.6) is 0 Å². The summed E-state index contributed by atoms with van der Waals surface area (Å²) in [4.78, 5) is 42.3. The average Bonchev–Trinajstić information content (AvgIpc) is 3.16. The number of pyridine rings is 1. The molecule has 1 saturated heterocycles. The number of hydrogen-bond donors (Lipinski definition) is 1. The molecule has 2 fully saturated rings. The summed E-state index contributed by atoms with van der Waals surface area (Å²) < 4.78 is 41.0. The van der Waals surface area contributed by atoms with Gasteiger partial charge in [-0.05, 0) is 55.4 Å². The number of carbonyl (C=O) groups excluding carboxylic acids is 2. The number of amides is 2. The van der Waals surface area contributed by atoms with Crippen molar-refractivity contribution in [2.24, 2.45) is 5.92 Å². The number of alkyl halides is 2. The molecule has 2 amide bonds. The minimum absolute atomic E-state index is 0.0448. The highest BCUT2D eigenvalue weighted by Gasteiger charge is 2.58. The van der Waals surface area contributed by atoms with Crippen molar-refractivity contribution in [3.8, 4) is 0 Å². The monoisotopic (exact) mass is 570 g/mol. The Hall–Kier alpha value is -3.73. The van der Waals surface area contributed by atoms with E-state index in [1.165, 1.54) is 18.2 Å². The van der Waals surface area contributed by atoms with Crippen LogP contribution in [-0.2, 0) is 10.2 Å². The predicted octanol–water partition coefficient (Wildman–Crippen LogP) is 4.70. The summed E-state index contributed by atoms with van der Waals surface area (Å²) >= 11 is 5.89. The zero-order chi connectivity index (χ0) is 28.0. The highest BCUT2D eigenvalue weighted by molar-refractivity contribution is 6.30. The van der Waals surface area contributed by atoms with Crippen LogP contribution < -0.4 is 15.1 Å². The van der Waals surface area contributed by atoms with E-state index in [2.05, 4.69) is 20.3 Å². The van der Waals surface area contributed by atoms with Crippen molar-refractivity contribution in [1.29, 1.82) is 0 Å². The van der Waals surface area contributed by atoms with Crippen molar-refractivity contribution >= 4 is 34.9 Å². The van der Waals surface area contributed by atoms with Gasteiger partial charge in [0.05, 0.1) is 22.5 Å². The molecule has 1 saturated carbocycles. The first-order valence-electron chi connectivity index (χ1n) is 13.1. The van der Waals surface area contributed by atoms with E-state index in [0.717, 1.165) is 11.8 Å². The van der Waals surface area contributed by atoms with E-state index in [1.54, 1.807) is 29.6 Å². The second-order valence-electron chi connectivity index (χ2n) is 10.7. The second kappa shape index (κ2) is 10.3. The lowest BCUT2D eigenvalue weighted by atomic mass is 9.74. The summed E-state index contributed by atoms with van der Waals surface area (Å²) in [6, 6.07) is 5.53. The molecule has 1 spiro atoms. The molecule has 1 aliphatic carbocycles. The number of hydrogen-bond acceptors (Lipinski definition) is 6. The first-order valence-corrected chi connectivity index (χ1v) is 13.5. The van der Waals surface area contributed by atoms with Crippen LogP contribution in [0.2, 0.25) is 5.02 Å². The number of carbonyl (C=O) groups is 2. The van der Waals surface area contributed by atoms with Gasteiger partial charge in [-0.25, -0.2) is 18.2 Å². The van der Waals surface area contributed by atoms with Crippen molar-refractivity contribution in [3.05, 3.63) is 76.7 Å². The van der Waals surface area contributed by atoms with E-state index in [9.17, 15) is 22.8 Å². The number of nitrogens with zero attached hydrogens (tertiary/aromatic N) is 5. The maximum Gasteiger partial charge on any atom is 0.281 e. The molecule has 1 aromatic carbocycles. The fourth-order valence-electron chi connectivity index (χ4n) is 6.14. The predicted molar refractivity (Wildman–Crippen MR) is 142 cm³/mol. The molecule has 0 bridgehead atoms. The van der Waals surface area contributed by atoms with E-state index in [1.807, 2.05) is 4.90 Å². The molecular weight excluding hydrogens is 545 g/mol. The summed E-state index contributed by atoms with van der Waals surface area (Å²) in [7, 11) is 0. The normalized spacial score (nSPS) is 21.5. The molecule has 0 radical (unpaired) electrons. The molecule has 6 rings (SSSR count). The molecular formula is C28H26ClF3N6O2. The van der Waals surface area contributed by atoms with Gasteiger partial charge in [0.1, 0.15) is 22.7 Å². The van der Waals surface area contributed by atoms with Crippen molar-refractivity contribution < 1.29 is 22.8 Å². The van der Waals surface area contributed by atoms with E-state index in [0.29, 0.717) is 56.8 Å². The van der Waals surface area contributed by atoms with E-state index in [-0.39, 0.29) is 28.5 Å². The van der Waals surface area contributed by atoms with Crippen LogP contribution >= 0.6 is 11.6 Å². The van der Waals surface area contributed by atoms with E-state index in [4.69, 9.17) is 11.6 Å². The van der Waals surface area contributed by atoms with E-state index >= 15 is 0 Å². The third-order valence-electron chi connectivity index (χ3n) is 8.17. The molecule has 2 aliphatic heterocycles. The van der Waals surface area contributed by atoms with E-state index < -0.39 is 29.3 Å². The number of rotatable bonds is 6. The number of nitrogens with one attached hydrogen (secondary N) is 1. The van der Waals surface area contributed by atoms with Crippen molar-refractivity contribution in [2.75, 3.05) is 29.4 Å². The number of aromatic nitrogens is 3. The van der Waals surface area contributed by atoms with Crippen LogP contribution in [0.4, 0.5) is 24.7 Å². The minimum Gasteiger partial charge on any atom is -0.352 e. The fourth-order valence-corrected chi connectivity index (χ4v) is 6.30. The first kappa shape index (κ1) is 26.5. The minimum atomic E-state index is -2.90. The maximum absolute atomic E-state index is 14.3. The molecule has 8 nitrogen and oxygen atoms in total. The highest BCUT2D eigenvalue weighted by Crippen LogP contribution is 2.49. The highest BCUT2D eigenvalue weighted by atomic mass is 35.5. The molecule has 208 valence electrons. The van der Waals surface area contributed by atoms with Gasteiger partial charge in [0.25, 0.3) is 12.3 Å². The van der Waals surface area contributed by atoms with Gasteiger partial charge in [-0.15, -0.1) is 0 Å². The second-order valence-corrected chi connectivity index (χ2v) is 11.1. The SMILES string of the molecule is O=C(NC1CCC(CN2C(=O)C3(CN(c4cnccn4)C3)c3ccc(F)cc32)CC1)c1cc(Cl)cnc1C(F)F. The van der Waals surface area contributed by atoms with Crippen LogP contribution in [0.3, 0.4) is 0 Å². The first-order chi connectivity index (χ1) is 19.2. The van der Waals surface area contributed by atoms with Crippen molar-refractivity contribution in [2.45, 2.75) is 43.6 Å². The van der Waals surface area contributed by atoms with Crippen LogP contribution in [0.15, 0.2) is 49.1 Å². The van der Waals surface area contributed by atoms with Crippen LogP contribution in [-0.4, -0.2) is 52.4 Å². The molecule has 1 N–H and O–H groups in total. The standard InChI is InChI=1S/C28H26ClF3N6O2/c29-17-9-20(24(25(31)32)35-11-17)26(39)36-19-4-1-16(2-5-19)13-38-22-10-18(30)3-6-21(22)28(27(38)40)14-37(15-28)23-12-33-7-8-34-23/h3,6-12,16,19,25H,1-2,4-5,13-15H2,(H,36,39). The van der Waals surface area contributed by atoms with Crippen LogP contribution in [0.25, 0.3) is 0 Å². The zero-order valence-corrected chi connectivity index (χ0v) is 22.1. The summed E-state index contributed by atoms with van der Waals surface area (Å²) in [5.41, 5.74) is -0.152. The Labute approximate surface area is 233 Å². The maximum atomic E-state index is 14.3. The summed E-state index contributed by atoms with van der Waals surface area (Å²) in [6.45, 7) is 1.32. The third kappa shape index (κ3) is 4.66. The lowest BCUT2D eigenvalue weighted by Crippen LogP contribution is -2.64. The lowest BCUT2D eigenvalue weighted by molar-refractivity contribution is -0.124. The Morgan fingerprint density at radius 3 is 2.58 bits per heavy atom. The summed E-state index contributed by atoms with van der Waals surface area (Å²) in [5.74, 6) is -0.241. The average molecular weight is 571 g/mol. The molecule has 3 aliphatic rings. The Morgan fingerprint density at radius 2 is 1.88 bits per heavy atom. The Bertz CT molecular complexity index is 1450. The number of fused-ring (bicyclic) bond motifs is 2. The largest absolute Gasteiger partial charge is 0.352 e. The molecule has 4 heterocycles. The van der Waals surface area contributed by atoms with Gasteiger partial charge in [0.2, 0.25) is 5.91 Å². The molecule has 40 heavy (non-hydrogen) atoms. The van der Waals surface area contributed by atoms with Gasteiger partial charge < -0.3 is 15.1 Å². The van der Waals surface area contributed by atoms with Gasteiger partial charge in [0, 0.05) is 44.3 Å². The van der Waals surface area contributed by atoms with Crippen molar-refractivity contribution in [1.82, 2.24) is 20.3 Å². The van der Waals surface area contributed by atoms with Gasteiger partial charge in [-0.3, -0.25) is 19.6 Å². The Kier molecular flexibility index (Phi) is 6.85. The lowest BCUT2D eigenvalue weighted by Gasteiger charge is -2.47. The van der Waals surface area contributed by atoms with Gasteiger partial charge >= 0.3 is 0 Å². The molecule has 0 unspecified atom stereocenters. The zero-order valence-electron chi connectivity index (χ0n) is 21.4. The number of halogens is 4. The van der Waals surface area contributed by atoms with Gasteiger partial charge in [-0.1, -0.05) is 17.7 Å². The quantitative estimate of drug-likeness (QED) is 0.462. The number of benzene rings is 1. The number of anilines is 2. The summed E-state index contributed by atoms with van der Waals surface area (Å²) in [5, 5.41) is 2.94. The molecule has 0 atom stereocenters. The smallest absolute Gasteiger partial charge is 0.281 e. The van der Waals surface area contributed by atoms with Crippen LogP contribution in [0.1, 0.15) is 53.7 Å². The molecule has 2 aromatic heterocycles. The third-order valence-corrected chi connectivity index (χ3v) is 8.38. The Morgan fingerprint density at radius 1 is 1.10 bits per heavy atom. The molecule has 3 aromatic rings. The fraction of sp³-hybridized carbons (Fsp3) is 0.393.